The van der Waals surface area contributed by atoms with Crippen LogP contribution in [-0.4, -0.2) is 51.0 Å². The van der Waals surface area contributed by atoms with Crippen LogP contribution < -0.4 is 4.74 Å². The van der Waals surface area contributed by atoms with Gasteiger partial charge in [0.25, 0.3) is 23.4 Å². The number of esters is 1. The first-order chi connectivity index (χ1) is 20.1. The number of benzene rings is 3. The fraction of sp³-hybridized carbons (Fsp3) is 0.167. The number of non-ortho nitro benzene ring substituents is 1. The molecule has 1 aliphatic heterocycles. The van der Waals surface area contributed by atoms with Crippen LogP contribution in [-0.2, 0) is 9.59 Å². The summed E-state index contributed by atoms with van der Waals surface area (Å²) in [6.45, 7) is -0.603. The van der Waals surface area contributed by atoms with Gasteiger partial charge < -0.3 is 4.74 Å². The number of ketones is 1. The molecule has 0 saturated carbocycles. The summed E-state index contributed by atoms with van der Waals surface area (Å²) in [5.74, 6) is -4.25. The Hall–Kier alpha value is -5.16. The van der Waals surface area contributed by atoms with Gasteiger partial charge in [0.1, 0.15) is 12.3 Å². The number of hydrazine groups is 1. The Morgan fingerprint density at radius 2 is 1.36 bits per heavy atom. The third kappa shape index (κ3) is 5.68. The van der Waals surface area contributed by atoms with Gasteiger partial charge in [-0.2, -0.15) is 5.01 Å². The van der Waals surface area contributed by atoms with E-state index in [0.717, 1.165) is 10.0 Å². The number of ether oxygens (including phenoxy) is 1. The smallest absolute Gasteiger partial charge is 0.343 e. The molecular formula is C30H22ClN3O8. The Morgan fingerprint density at radius 1 is 0.833 bits per heavy atom. The van der Waals surface area contributed by atoms with Crippen molar-refractivity contribution in [2.75, 3.05) is 6.54 Å². The molecule has 3 aromatic carbocycles. The molecular weight excluding hydrogens is 566 g/mol. The molecule has 0 aromatic heterocycles. The Labute approximate surface area is 244 Å². The van der Waals surface area contributed by atoms with Gasteiger partial charge in [0.05, 0.1) is 22.3 Å². The first-order valence-electron chi connectivity index (χ1n) is 12.8. The molecule has 0 bridgehead atoms. The van der Waals surface area contributed by atoms with Crippen LogP contribution in [0.5, 0.6) is 5.75 Å². The topological polar surface area (TPSA) is 144 Å². The van der Waals surface area contributed by atoms with E-state index in [0.29, 0.717) is 17.9 Å². The SMILES string of the molecule is O=C(CN(C(=O)c1ccc(Cl)cc1)N1C(=O)[C@@H]2CC=CC[C@H]2C1=O)c1ccc(OC(=O)c2ccc([N+](=O)[O-])cc2)cc1. The number of allylic oxidation sites excluding steroid dienone is 2. The average molecular weight is 588 g/mol. The molecule has 1 aliphatic carbocycles. The predicted octanol–water partition coefficient (Wildman–Crippen LogP) is 4.66. The summed E-state index contributed by atoms with van der Waals surface area (Å²) in [6.07, 6.45) is 4.37. The van der Waals surface area contributed by atoms with Gasteiger partial charge in [-0.15, -0.1) is 0 Å². The summed E-state index contributed by atoms with van der Waals surface area (Å²) in [6, 6.07) is 16.2. The van der Waals surface area contributed by atoms with Crippen LogP contribution in [0.2, 0.25) is 5.02 Å². The lowest BCUT2D eigenvalue weighted by molar-refractivity contribution is -0.384. The number of carbonyl (C=O) groups is 5. The summed E-state index contributed by atoms with van der Waals surface area (Å²) >= 11 is 5.95. The molecule has 42 heavy (non-hydrogen) atoms. The zero-order valence-corrected chi connectivity index (χ0v) is 22.6. The van der Waals surface area contributed by atoms with Crippen molar-refractivity contribution in [3.8, 4) is 5.75 Å². The van der Waals surface area contributed by atoms with Gasteiger partial charge in [0.15, 0.2) is 5.78 Å². The summed E-state index contributed by atoms with van der Waals surface area (Å²) in [7, 11) is 0. The maximum atomic E-state index is 13.5. The van der Waals surface area contributed by atoms with E-state index in [4.69, 9.17) is 16.3 Å². The molecule has 2 atom stereocenters. The van der Waals surface area contributed by atoms with Crippen LogP contribution in [0.1, 0.15) is 43.9 Å². The van der Waals surface area contributed by atoms with Crippen molar-refractivity contribution in [3.63, 3.8) is 0 Å². The average Bonchev–Trinajstić information content (AvgIpc) is 3.25. The Morgan fingerprint density at radius 3 is 1.90 bits per heavy atom. The maximum Gasteiger partial charge on any atom is 0.343 e. The van der Waals surface area contributed by atoms with E-state index < -0.39 is 52.8 Å². The summed E-state index contributed by atoms with van der Waals surface area (Å²) in [5, 5.41) is 12.9. The number of nitro benzene ring substituents is 1. The number of imide groups is 1. The monoisotopic (exact) mass is 587 g/mol. The molecule has 0 radical (unpaired) electrons. The van der Waals surface area contributed by atoms with E-state index >= 15 is 0 Å². The van der Waals surface area contributed by atoms with Crippen molar-refractivity contribution in [3.05, 3.63) is 117 Å². The number of nitro groups is 1. The number of halogens is 1. The summed E-state index contributed by atoms with van der Waals surface area (Å²) in [4.78, 5) is 76.1. The maximum absolute atomic E-state index is 13.5. The van der Waals surface area contributed by atoms with Gasteiger partial charge in [0, 0.05) is 28.3 Å². The van der Waals surface area contributed by atoms with Crippen molar-refractivity contribution in [2.24, 2.45) is 11.8 Å². The molecule has 0 unspecified atom stereocenters. The van der Waals surface area contributed by atoms with Gasteiger partial charge in [-0.1, -0.05) is 23.8 Å². The van der Waals surface area contributed by atoms with E-state index in [2.05, 4.69) is 0 Å². The highest BCUT2D eigenvalue weighted by molar-refractivity contribution is 6.30. The van der Waals surface area contributed by atoms with E-state index in [9.17, 15) is 34.1 Å². The molecule has 0 N–H and O–H groups in total. The van der Waals surface area contributed by atoms with Crippen LogP contribution in [0.15, 0.2) is 84.9 Å². The molecule has 12 heteroatoms. The molecule has 2 aliphatic rings. The van der Waals surface area contributed by atoms with E-state index in [1.54, 1.807) is 0 Å². The van der Waals surface area contributed by atoms with Gasteiger partial charge in [-0.25, -0.2) is 9.80 Å². The first kappa shape index (κ1) is 28.4. The molecule has 212 valence electrons. The fourth-order valence-corrected chi connectivity index (χ4v) is 4.94. The molecule has 1 fully saturated rings. The Bertz CT molecular complexity index is 1590. The first-order valence-corrected chi connectivity index (χ1v) is 13.2. The van der Waals surface area contributed by atoms with Crippen LogP contribution in [0.25, 0.3) is 0 Å². The highest BCUT2D eigenvalue weighted by Crippen LogP contribution is 2.36. The van der Waals surface area contributed by atoms with Crippen molar-refractivity contribution < 1.29 is 33.6 Å². The van der Waals surface area contributed by atoms with Gasteiger partial charge in [-0.3, -0.25) is 29.3 Å². The minimum Gasteiger partial charge on any atom is -0.423 e. The molecule has 5 rings (SSSR count). The molecule has 1 heterocycles. The second kappa shape index (κ2) is 11.8. The minimum absolute atomic E-state index is 0.0906. The second-order valence-electron chi connectivity index (χ2n) is 9.65. The molecule has 3 aromatic rings. The minimum atomic E-state index is -0.759. The van der Waals surface area contributed by atoms with Crippen molar-refractivity contribution in [1.82, 2.24) is 10.0 Å². The zero-order valence-electron chi connectivity index (χ0n) is 21.8. The largest absolute Gasteiger partial charge is 0.423 e. The van der Waals surface area contributed by atoms with Crippen molar-refractivity contribution in [2.45, 2.75) is 12.8 Å². The number of Topliss-reactive ketones (excluding diaryl/α,β-unsaturated/α-hetero) is 1. The van der Waals surface area contributed by atoms with Crippen LogP contribution in [0, 0.1) is 22.0 Å². The Balaban J connectivity index is 1.34. The number of carbonyl (C=O) groups excluding carboxylic acids is 5. The summed E-state index contributed by atoms with van der Waals surface area (Å²) < 4.78 is 5.29. The standard InChI is InChI=1S/C30H22ClN3O8/c31-21-11-5-19(6-12-21)27(36)32(33-28(37)24-3-1-2-4-25(24)29(33)38)17-26(35)18-9-15-23(16-10-18)42-30(39)20-7-13-22(14-8-20)34(40)41/h1-2,5-16,24-25H,3-4,17H2/t24-,25-/m1/s1. The molecule has 3 amide bonds. The number of fused-ring (bicyclic) bond motifs is 1. The zero-order chi connectivity index (χ0) is 30.0. The lowest BCUT2D eigenvalue weighted by Gasteiger charge is -2.30. The van der Waals surface area contributed by atoms with Crippen LogP contribution in [0.3, 0.4) is 0 Å². The highest BCUT2D eigenvalue weighted by Gasteiger charge is 2.51. The van der Waals surface area contributed by atoms with E-state index in [1.807, 2.05) is 12.2 Å². The number of nitrogens with zero attached hydrogens (tertiary/aromatic N) is 3. The molecule has 1 saturated heterocycles. The quantitative estimate of drug-likeness (QED) is 0.0704. The third-order valence-electron chi connectivity index (χ3n) is 7.05. The van der Waals surface area contributed by atoms with Crippen LogP contribution >= 0.6 is 11.6 Å². The molecule has 11 nitrogen and oxygen atoms in total. The Kier molecular flexibility index (Phi) is 7.94. The van der Waals surface area contributed by atoms with Crippen molar-refractivity contribution >= 4 is 46.8 Å². The predicted molar refractivity (Wildman–Crippen MR) is 149 cm³/mol. The lowest BCUT2D eigenvalue weighted by Crippen LogP contribution is -2.52. The normalized spacial score (nSPS) is 17.5. The summed E-state index contributed by atoms with van der Waals surface area (Å²) in [5.41, 5.74) is 0.185. The number of hydrogen-bond donors (Lipinski definition) is 0. The number of hydrogen-bond acceptors (Lipinski definition) is 8. The van der Waals surface area contributed by atoms with E-state index in [1.165, 1.54) is 72.8 Å². The van der Waals surface area contributed by atoms with Gasteiger partial charge in [0.2, 0.25) is 0 Å². The second-order valence-corrected chi connectivity index (χ2v) is 10.1. The third-order valence-corrected chi connectivity index (χ3v) is 7.30. The van der Waals surface area contributed by atoms with Gasteiger partial charge in [-0.05, 0) is 73.5 Å². The van der Waals surface area contributed by atoms with Gasteiger partial charge >= 0.3 is 5.97 Å². The number of amides is 3. The van der Waals surface area contributed by atoms with E-state index in [-0.39, 0.29) is 28.1 Å². The van der Waals surface area contributed by atoms with Crippen molar-refractivity contribution in [1.29, 1.82) is 0 Å². The number of rotatable bonds is 8. The lowest BCUT2D eigenvalue weighted by atomic mass is 9.85. The fourth-order valence-electron chi connectivity index (χ4n) is 4.82. The molecule has 0 spiro atoms. The van der Waals surface area contributed by atoms with Crippen LogP contribution in [0.4, 0.5) is 5.69 Å². The highest BCUT2D eigenvalue weighted by atomic mass is 35.5.